The molecule has 5 nitrogen and oxygen atoms in total. The van der Waals surface area contributed by atoms with Crippen molar-refractivity contribution in [2.24, 2.45) is 0 Å². The molecule has 0 aliphatic rings. The fraction of sp³-hybridized carbons (Fsp3) is 0.357. The lowest BCUT2D eigenvalue weighted by atomic mass is 10.2. The van der Waals surface area contributed by atoms with Gasteiger partial charge in [-0.15, -0.1) is 11.8 Å². The van der Waals surface area contributed by atoms with E-state index in [0.29, 0.717) is 12.1 Å². The zero-order valence-electron chi connectivity index (χ0n) is 11.5. The second-order valence-corrected chi connectivity index (χ2v) is 5.05. The first-order chi connectivity index (χ1) is 9.60. The van der Waals surface area contributed by atoms with Crippen LogP contribution in [0.5, 0.6) is 0 Å². The van der Waals surface area contributed by atoms with Crippen LogP contribution in [0.3, 0.4) is 0 Å². The van der Waals surface area contributed by atoms with Crippen LogP contribution in [0.15, 0.2) is 29.2 Å². The summed E-state index contributed by atoms with van der Waals surface area (Å²) in [6, 6.07) is 8.45. The predicted octanol–water partition coefficient (Wildman–Crippen LogP) is 1.56. The fourth-order valence-electron chi connectivity index (χ4n) is 1.56. The van der Waals surface area contributed by atoms with Crippen LogP contribution >= 0.6 is 11.8 Å². The summed E-state index contributed by atoms with van der Waals surface area (Å²) in [5, 5.41) is 13.9. The average Bonchev–Trinajstić information content (AvgIpc) is 2.45. The molecule has 1 atom stereocenters. The second-order valence-electron chi connectivity index (χ2n) is 4.03. The summed E-state index contributed by atoms with van der Waals surface area (Å²) in [5.74, 6) is -0.260. The molecule has 1 unspecified atom stereocenters. The van der Waals surface area contributed by atoms with Gasteiger partial charge >= 0.3 is 0 Å². The maximum absolute atomic E-state index is 12.2. The average molecular weight is 291 g/mol. The van der Waals surface area contributed by atoms with Crippen molar-refractivity contribution < 1.29 is 9.59 Å². The Kier molecular flexibility index (Phi) is 6.60. The summed E-state index contributed by atoms with van der Waals surface area (Å²) in [6.45, 7) is 3.97. The van der Waals surface area contributed by atoms with Crippen LogP contribution in [0, 0.1) is 11.3 Å². The fourth-order valence-corrected chi connectivity index (χ4v) is 2.27. The summed E-state index contributed by atoms with van der Waals surface area (Å²) in [7, 11) is 0. The summed E-state index contributed by atoms with van der Waals surface area (Å²) in [6.07, 6.45) is 0. The van der Waals surface area contributed by atoms with Crippen molar-refractivity contribution in [2.45, 2.75) is 24.8 Å². The largest absolute Gasteiger partial charge is 0.355 e. The highest BCUT2D eigenvalue weighted by Gasteiger charge is 2.17. The van der Waals surface area contributed by atoms with E-state index >= 15 is 0 Å². The highest BCUT2D eigenvalue weighted by Crippen LogP contribution is 2.22. The molecular weight excluding hydrogens is 274 g/mol. The molecule has 0 heterocycles. The van der Waals surface area contributed by atoms with Crippen molar-refractivity contribution in [3.05, 3.63) is 29.8 Å². The number of carbonyl (C=O) groups excluding carboxylic acids is 2. The molecule has 0 aromatic heterocycles. The van der Waals surface area contributed by atoms with Gasteiger partial charge in [-0.3, -0.25) is 9.59 Å². The van der Waals surface area contributed by atoms with Crippen LogP contribution in [-0.4, -0.2) is 30.2 Å². The van der Waals surface area contributed by atoms with Gasteiger partial charge < -0.3 is 10.6 Å². The Morgan fingerprint density at radius 2 is 2.10 bits per heavy atom. The number of nitriles is 1. The maximum atomic E-state index is 12.2. The number of nitrogens with one attached hydrogen (secondary N) is 2. The number of likely N-dealkylation sites (N-methyl/N-ethyl adjacent to an activating group) is 1. The quantitative estimate of drug-likeness (QED) is 0.779. The van der Waals surface area contributed by atoms with Gasteiger partial charge in [-0.2, -0.15) is 5.26 Å². The summed E-state index contributed by atoms with van der Waals surface area (Å²) >= 11 is 1.30. The molecule has 1 aromatic carbocycles. The van der Waals surface area contributed by atoms with Crippen molar-refractivity contribution in [1.82, 2.24) is 10.6 Å². The molecule has 1 aromatic rings. The molecule has 0 bridgehead atoms. The normalized spacial score (nSPS) is 11.2. The lowest BCUT2D eigenvalue weighted by Gasteiger charge is -2.14. The second kappa shape index (κ2) is 8.23. The van der Waals surface area contributed by atoms with E-state index in [4.69, 9.17) is 5.26 Å². The summed E-state index contributed by atoms with van der Waals surface area (Å²) in [5.41, 5.74) is 0.476. The number of amides is 2. The van der Waals surface area contributed by atoms with Crippen molar-refractivity contribution >= 4 is 23.6 Å². The molecule has 0 saturated carbocycles. The minimum Gasteiger partial charge on any atom is -0.355 e. The number of nitrogens with zero attached hydrogens (tertiary/aromatic N) is 1. The van der Waals surface area contributed by atoms with E-state index in [1.807, 2.05) is 19.1 Å². The molecule has 0 aliphatic heterocycles. The van der Waals surface area contributed by atoms with E-state index in [0.717, 1.165) is 4.90 Å². The van der Waals surface area contributed by atoms with E-state index in [1.54, 1.807) is 25.1 Å². The number of hydrogen-bond donors (Lipinski definition) is 2. The van der Waals surface area contributed by atoms with Crippen LogP contribution in [0.25, 0.3) is 0 Å². The molecule has 0 aliphatic carbocycles. The zero-order chi connectivity index (χ0) is 15.0. The Bertz CT molecular complexity index is 525. The van der Waals surface area contributed by atoms with E-state index in [2.05, 4.69) is 10.6 Å². The Morgan fingerprint density at radius 1 is 1.40 bits per heavy atom. The first-order valence-corrected chi connectivity index (χ1v) is 7.26. The Hall–Kier alpha value is -2.00. The number of hydrogen-bond acceptors (Lipinski definition) is 4. The highest BCUT2D eigenvalue weighted by molar-refractivity contribution is 7.99. The van der Waals surface area contributed by atoms with Crippen LogP contribution in [0.2, 0.25) is 0 Å². The van der Waals surface area contributed by atoms with Gasteiger partial charge in [0.25, 0.3) is 5.91 Å². The van der Waals surface area contributed by atoms with Crippen LogP contribution in [0.1, 0.15) is 24.2 Å². The number of benzene rings is 1. The molecule has 0 fully saturated rings. The van der Waals surface area contributed by atoms with Gasteiger partial charge in [0.15, 0.2) is 0 Å². The first kappa shape index (κ1) is 16.1. The topological polar surface area (TPSA) is 82.0 Å². The monoisotopic (exact) mass is 291 g/mol. The van der Waals surface area contributed by atoms with Crippen molar-refractivity contribution in [3.8, 4) is 6.07 Å². The predicted molar refractivity (Wildman–Crippen MR) is 78.4 cm³/mol. The first-order valence-electron chi connectivity index (χ1n) is 6.27. The van der Waals surface area contributed by atoms with Crippen molar-refractivity contribution in [3.63, 3.8) is 0 Å². The number of rotatable bonds is 6. The highest BCUT2D eigenvalue weighted by atomic mass is 32.2. The van der Waals surface area contributed by atoms with Crippen molar-refractivity contribution in [2.75, 3.05) is 12.3 Å². The van der Waals surface area contributed by atoms with E-state index in [9.17, 15) is 9.59 Å². The van der Waals surface area contributed by atoms with Crippen LogP contribution < -0.4 is 10.6 Å². The molecule has 0 saturated heterocycles. The summed E-state index contributed by atoms with van der Waals surface area (Å²) < 4.78 is 0. The zero-order valence-corrected chi connectivity index (χ0v) is 12.3. The van der Waals surface area contributed by atoms with Crippen molar-refractivity contribution in [1.29, 1.82) is 5.26 Å². The van der Waals surface area contributed by atoms with Gasteiger partial charge in [0.05, 0.1) is 17.4 Å². The molecule has 2 amide bonds. The Labute approximate surface area is 122 Å². The van der Waals surface area contributed by atoms with Gasteiger partial charge in [0.1, 0.15) is 6.04 Å². The number of carbonyl (C=O) groups is 2. The third-order valence-corrected chi connectivity index (χ3v) is 3.46. The van der Waals surface area contributed by atoms with Gasteiger partial charge in [-0.25, -0.2) is 0 Å². The standard InChI is InChI=1S/C14H17N3O2S/c1-3-16-13(18)10(2)17-14(19)11-6-4-5-7-12(11)20-9-8-15/h4-7,10H,3,9H2,1-2H3,(H,16,18)(H,17,19). The van der Waals surface area contributed by atoms with Gasteiger partial charge in [-0.05, 0) is 26.0 Å². The van der Waals surface area contributed by atoms with Crippen LogP contribution in [0.4, 0.5) is 0 Å². The molecule has 0 spiro atoms. The third kappa shape index (κ3) is 4.59. The molecule has 106 valence electrons. The Morgan fingerprint density at radius 3 is 2.75 bits per heavy atom. The van der Waals surface area contributed by atoms with E-state index in [-0.39, 0.29) is 17.6 Å². The maximum Gasteiger partial charge on any atom is 0.253 e. The van der Waals surface area contributed by atoms with E-state index in [1.165, 1.54) is 11.8 Å². The third-order valence-electron chi connectivity index (χ3n) is 2.52. The minimum absolute atomic E-state index is 0.219. The van der Waals surface area contributed by atoms with E-state index < -0.39 is 6.04 Å². The smallest absolute Gasteiger partial charge is 0.253 e. The van der Waals surface area contributed by atoms with Crippen LogP contribution in [-0.2, 0) is 4.79 Å². The molecule has 0 radical (unpaired) electrons. The molecule has 20 heavy (non-hydrogen) atoms. The molecule has 2 N–H and O–H groups in total. The van der Waals surface area contributed by atoms with Gasteiger partial charge in [0, 0.05) is 11.4 Å². The number of thioether (sulfide) groups is 1. The lowest BCUT2D eigenvalue weighted by molar-refractivity contribution is -0.122. The Balaban J connectivity index is 2.77. The lowest BCUT2D eigenvalue weighted by Crippen LogP contribution is -2.44. The van der Waals surface area contributed by atoms with Gasteiger partial charge in [0.2, 0.25) is 5.91 Å². The molecule has 6 heteroatoms. The molecular formula is C14H17N3O2S. The minimum atomic E-state index is -0.600. The van der Waals surface area contributed by atoms with Gasteiger partial charge in [-0.1, -0.05) is 12.1 Å². The molecule has 1 rings (SSSR count). The SMILES string of the molecule is CCNC(=O)C(C)NC(=O)c1ccccc1SCC#N. The summed E-state index contributed by atoms with van der Waals surface area (Å²) in [4.78, 5) is 24.5.